The Morgan fingerprint density at radius 2 is 1.33 bits per heavy atom. The molecule has 1 saturated heterocycles. The molecule has 2 unspecified atom stereocenters. The number of rotatable bonds is 8. The van der Waals surface area contributed by atoms with E-state index in [2.05, 4.69) is 15.9 Å². The first-order valence-electron chi connectivity index (χ1n) is 8.13. The van der Waals surface area contributed by atoms with Crippen LogP contribution in [-0.4, -0.2) is 73.1 Å². The fraction of sp³-hybridized carbons (Fsp3) is 0.750. The number of ether oxygens (including phenoxy) is 6. The third kappa shape index (κ3) is 7.81. The molecule has 5 atom stereocenters. The highest BCUT2D eigenvalue weighted by Crippen LogP contribution is 2.29. The lowest BCUT2D eigenvalue weighted by molar-refractivity contribution is -0.306. The van der Waals surface area contributed by atoms with Crippen LogP contribution in [0.5, 0.6) is 0 Å². The number of carbonyl (C=O) groups excluding carboxylic acids is 4. The molecule has 0 aromatic carbocycles. The maximum absolute atomic E-state index is 11.6. The molecule has 0 spiro atoms. The van der Waals surface area contributed by atoms with Gasteiger partial charge in [-0.15, -0.1) is 0 Å². The van der Waals surface area contributed by atoms with E-state index < -0.39 is 54.6 Å². The van der Waals surface area contributed by atoms with Crippen LogP contribution in [0.4, 0.5) is 0 Å². The summed E-state index contributed by atoms with van der Waals surface area (Å²) >= 11 is 3.20. The summed E-state index contributed by atoms with van der Waals surface area (Å²) in [7, 11) is 0. The minimum Gasteiger partial charge on any atom is -0.463 e. The second-order valence-electron chi connectivity index (χ2n) is 5.63. The zero-order chi connectivity index (χ0) is 20.6. The van der Waals surface area contributed by atoms with E-state index >= 15 is 0 Å². The molecular formula is C16H23BrO10. The van der Waals surface area contributed by atoms with E-state index in [1.807, 2.05) is 0 Å². The highest BCUT2D eigenvalue weighted by molar-refractivity contribution is 9.09. The van der Waals surface area contributed by atoms with E-state index in [4.69, 9.17) is 28.4 Å². The van der Waals surface area contributed by atoms with Gasteiger partial charge >= 0.3 is 23.9 Å². The van der Waals surface area contributed by atoms with Crippen LogP contribution < -0.4 is 0 Å². The second-order valence-corrected chi connectivity index (χ2v) is 6.42. The zero-order valence-corrected chi connectivity index (χ0v) is 17.1. The highest BCUT2D eigenvalue weighted by Gasteiger charge is 2.52. The Bertz CT molecular complexity index is 551. The number of halogens is 1. The molecule has 0 bridgehead atoms. The van der Waals surface area contributed by atoms with Crippen molar-refractivity contribution in [1.29, 1.82) is 0 Å². The van der Waals surface area contributed by atoms with Crippen molar-refractivity contribution in [2.75, 3.05) is 18.5 Å². The molecule has 0 aromatic heterocycles. The summed E-state index contributed by atoms with van der Waals surface area (Å²) in [6.07, 6.45) is -5.73. The first-order chi connectivity index (χ1) is 12.6. The summed E-state index contributed by atoms with van der Waals surface area (Å²) in [6.45, 7) is 4.58. The van der Waals surface area contributed by atoms with Crippen molar-refractivity contribution >= 4 is 39.8 Å². The molecule has 1 fully saturated rings. The van der Waals surface area contributed by atoms with Crippen molar-refractivity contribution in [2.45, 2.75) is 58.4 Å². The van der Waals surface area contributed by atoms with E-state index in [0.29, 0.717) is 5.33 Å². The van der Waals surface area contributed by atoms with E-state index in [1.165, 1.54) is 6.92 Å². The van der Waals surface area contributed by atoms with E-state index in [0.717, 1.165) is 20.8 Å². The van der Waals surface area contributed by atoms with Crippen LogP contribution in [-0.2, 0) is 47.6 Å². The Morgan fingerprint density at radius 3 is 1.81 bits per heavy atom. The molecule has 27 heavy (non-hydrogen) atoms. The minimum atomic E-state index is -1.22. The van der Waals surface area contributed by atoms with Gasteiger partial charge in [-0.05, 0) is 0 Å². The molecule has 0 amide bonds. The molecule has 1 aliphatic heterocycles. The predicted octanol–water partition coefficient (Wildman–Crippen LogP) is 0.481. The van der Waals surface area contributed by atoms with Crippen molar-refractivity contribution < 1.29 is 47.6 Å². The molecule has 0 aliphatic carbocycles. The molecule has 0 saturated carbocycles. The standard InChI is InChI=1S/C16H23BrO10/c1-8(18)23-7-12-13(24-9(2)19)14(25-10(3)20)15(26-11(4)21)16(27-12)22-6-5-17/h12-16H,5-7H2,1-4H3/t12?,13-,14+,15?,16-/m1/s1. The Balaban J connectivity index is 3.22. The van der Waals surface area contributed by atoms with E-state index in [9.17, 15) is 19.2 Å². The summed E-state index contributed by atoms with van der Waals surface area (Å²) in [5, 5.41) is 0.458. The summed E-state index contributed by atoms with van der Waals surface area (Å²) in [6, 6.07) is 0. The van der Waals surface area contributed by atoms with Gasteiger partial charge in [-0.2, -0.15) is 0 Å². The Morgan fingerprint density at radius 1 is 0.815 bits per heavy atom. The van der Waals surface area contributed by atoms with Crippen LogP contribution in [0.15, 0.2) is 0 Å². The first kappa shape index (κ1) is 23.3. The summed E-state index contributed by atoms with van der Waals surface area (Å²) < 4.78 is 31.9. The molecule has 0 radical (unpaired) electrons. The SMILES string of the molecule is CC(=O)OCC1O[C@@H](OCCBr)C(OC(C)=O)[C@@H](OC(C)=O)[C@@H]1OC(C)=O. The fourth-order valence-electron chi connectivity index (χ4n) is 2.48. The number of carbonyl (C=O) groups is 4. The molecule has 1 aliphatic rings. The molecule has 0 N–H and O–H groups in total. The molecule has 11 heteroatoms. The van der Waals surface area contributed by atoms with Gasteiger partial charge in [0.05, 0.1) is 6.61 Å². The number of hydrogen-bond donors (Lipinski definition) is 0. The van der Waals surface area contributed by atoms with Crippen LogP contribution in [0.3, 0.4) is 0 Å². The maximum atomic E-state index is 11.6. The lowest BCUT2D eigenvalue weighted by atomic mass is 9.98. The monoisotopic (exact) mass is 454 g/mol. The van der Waals surface area contributed by atoms with Crippen LogP contribution >= 0.6 is 15.9 Å². The molecule has 1 rings (SSSR count). The third-order valence-electron chi connectivity index (χ3n) is 3.31. The smallest absolute Gasteiger partial charge is 0.303 e. The number of esters is 4. The summed E-state index contributed by atoms with van der Waals surface area (Å²) in [5.41, 5.74) is 0. The topological polar surface area (TPSA) is 124 Å². The fourth-order valence-corrected chi connectivity index (χ4v) is 2.67. The molecule has 1 heterocycles. The highest BCUT2D eigenvalue weighted by atomic mass is 79.9. The quantitative estimate of drug-likeness (QED) is 0.290. The van der Waals surface area contributed by atoms with Gasteiger partial charge in [0.25, 0.3) is 0 Å². The average Bonchev–Trinajstić information content (AvgIpc) is 2.54. The van der Waals surface area contributed by atoms with Crippen LogP contribution in [0.1, 0.15) is 27.7 Å². The predicted molar refractivity (Wildman–Crippen MR) is 91.7 cm³/mol. The number of hydrogen-bond acceptors (Lipinski definition) is 10. The largest absolute Gasteiger partial charge is 0.463 e. The van der Waals surface area contributed by atoms with Gasteiger partial charge in [0.15, 0.2) is 24.6 Å². The van der Waals surface area contributed by atoms with Gasteiger partial charge in [0.2, 0.25) is 0 Å². The normalized spacial score (nSPS) is 27.4. The summed E-state index contributed by atoms with van der Waals surface area (Å²) in [4.78, 5) is 45.8. The third-order valence-corrected chi connectivity index (χ3v) is 3.63. The van der Waals surface area contributed by atoms with Gasteiger partial charge in [0, 0.05) is 33.0 Å². The Hall–Kier alpha value is -1.72. The van der Waals surface area contributed by atoms with Crippen molar-refractivity contribution in [3.8, 4) is 0 Å². The van der Waals surface area contributed by atoms with Crippen LogP contribution in [0.2, 0.25) is 0 Å². The van der Waals surface area contributed by atoms with Gasteiger partial charge in [-0.1, -0.05) is 15.9 Å². The molecular weight excluding hydrogens is 432 g/mol. The van der Waals surface area contributed by atoms with Crippen LogP contribution in [0.25, 0.3) is 0 Å². The van der Waals surface area contributed by atoms with Crippen molar-refractivity contribution in [1.82, 2.24) is 0 Å². The zero-order valence-electron chi connectivity index (χ0n) is 15.5. The van der Waals surface area contributed by atoms with Crippen molar-refractivity contribution in [2.24, 2.45) is 0 Å². The van der Waals surface area contributed by atoms with E-state index in [1.54, 1.807) is 0 Å². The Labute approximate surface area is 164 Å². The lowest BCUT2D eigenvalue weighted by Crippen LogP contribution is -2.63. The number of alkyl halides is 1. The van der Waals surface area contributed by atoms with Crippen LogP contribution in [0, 0.1) is 0 Å². The minimum absolute atomic E-state index is 0.188. The molecule has 154 valence electrons. The van der Waals surface area contributed by atoms with Gasteiger partial charge in [-0.3, -0.25) is 19.2 Å². The first-order valence-corrected chi connectivity index (χ1v) is 9.25. The van der Waals surface area contributed by atoms with Gasteiger partial charge in [0.1, 0.15) is 12.7 Å². The van der Waals surface area contributed by atoms with Crippen molar-refractivity contribution in [3.05, 3.63) is 0 Å². The molecule has 10 nitrogen and oxygen atoms in total. The van der Waals surface area contributed by atoms with E-state index in [-0.39, 0.29) is 13.2 Å². The maximum Gasteiger partial charge on any atom is 0.303 e. The summed E-state index contributed by atoms with van der Waals surface area (Å²) in [5.74, 6) is -2.63. The second kappa shape index (κ2) is 11.2. The van der Waals surface area contributed by atoms with Crippen molar-refractivity contribution in [3.63, 3.8) is 0 Å². The lowest BCUT2D eigenvalue weighted by Gasteiger charge is -2.44. The average molecular weight is 455 g/mol. The molecule has 0 aromatic rings. The van der Waals surface area contributed by atoms with Gasteiger partial charge < -0.3 is 28.4 Å². The Kier molecular flexibility index (Phi) is 9.67. The van der Waals surface area contributed by atoms with Gasteiger partial charge in [-0.25, -0.2) is 0 Å².